The molecule has 0 atom stereocenters. The number of nitrogens with two attached hydrogens (primary N) is 1. The van der Waals surface area contributed by atoms with E-state index in [1.165, 1.54) is 11.3 Å². The summed E-state index contributed by atoms with van der Waals surface area (Å²) in [5, 5.41) is 4.68. The summed E-state index contributed by atoms with van der Waals surface area (Å²) in [7, 11) is 3.54. The molecule has 0 aliphatic heterocycles. The van der Waals surface area contributed by atoms with E-state index in [1.807, 2.05) is 7.05 Å². The van der Waals surface area contributed by atoms with Crippen molar-refractivity contribution in [3.63, 3.8) is 0 Å². The molecule has 0 saturated carbocycles. The Bertz CT molecular complexity index is 249. The van der Waals surface area contributed by atoms with Gasteiger partial charge in [-0.05, 0) is 0 Å². The quantitative estimate of drug-likeness (QED) is 0.737. The molecule has 1 aromatic heterocycles. The fraction of sp³-hybridized carbons (Fsp3) is 0.571. The normalized spacial score (nSPS) is 10.2. The monoisotopic (exact) mass is 187 g/mol. The third-order valence-electron chi connectivity index (χ3n) is 1.48. The van der Waals surface area contributed by atoms with Gasteiger partial charge in [0.15, 0.2) is 5.13 Å². The summed E-state index contributed by atoms with van der Waals surface area (Å²) in [6.45, 7) is 0.678. The van der Waals surface area contributed by atoms with Crippen LogP contribution in [-0.2, 0) is 11.2 Å². The Hall–Kier alpha value is -0.810. The number of nitrogens with one attached hydrogen (secondary N) is 1. The van der Waals surface area contributed by atoms with Crippen LogP contribution in [0.1, 0.15) is 5.69 Å². The second-order valence-electron chi connectivity index (χ2n) is 2.32. The summed E-state index contributed by atoms with van der Waals surface area (Å²) in [6, 6.07) is 0. The maximum Gasteiger partial charge on any atom is 0.182 e. The molecule has 0 amide bonds. The predicted octanol–water partition coefficient (Wildman–Crippen LogP) is 0.956. The number of nitrogens with zero attached hydrogens (tertiary/aromatic N) is 1. The van der Waals surface area contributed by atoms with Gasteiger partial charge in [0.05, 0.1) is 12.3 Å². The molecule has 0 fully saturated rings. The minimum atomic E-state index is 0.602. The molecule has 0 bridgehead atoms. The predicted molar refractivity (Wildman–Crippen MR) is 51.7 cm³/mol. The largest absolute Gasteiger partial charge is 0.384 e. The lowest BCUT2D eigenvalue weighted by molar-refractivity contribution is 0.201. The van der Waals surface area contributed by atoms with Crippen molar-refractivity contribution in [2.75, 3.05) is 31.8 Å². The number of rotatable bonds is 4. The van der Waals surface area contributed by atoms with Crippen LogP contribution in [0.4, 0.5) is 10.1 Å². The Morgan fingerprint density at radius 1 is 1.67 bits per heavy atom. The van der Waals surface area contributed by atoms with Gasteiger partial charge in [0.1, 0.15) is 5.00 Å². The van der Waals surface area contributed by atoms with Crippen LogP contribution in [0.25, 0.3) is 0 Å². The van der Waals surface area contributed by atoms with E-state index in [4.69, 9.17) is 10.5 Å². The highest BCUT2D eigenvalue weighted by Crippen LogP contribution is 2.25. The highest BCUT2D eigenvalue weighted by Gasteiger charge is 2.06. The first-order valence-electron chi connectivity index (χ1n) is 3.69. The lowest BCUT2D eigenvalue weighted by Crippen LogP contribution is -1.98. The smallest absolute Gasteiger partial charge is 0.182 e. The minimum Gasteiger partial charge on any atom is -0.384 e. The summed E-state index contributed by atoms with van der Waals surface area (Å²) in [5.41, 5.74) is 6.54. The third-order valence-corrected chi connectivity index (χ3v) is 2.43. The molecular weight excluding hydrogens is 174 g/mol. The average Bonchev–Trinajstić information content (AvgIpc) is 2.42. The van der Waals surface area contributed by atoms with Crippen LogP contribution in [0.5, 0.6) is 0 Å². The van der Waals surface area contributed by atoms with E-state index in [-0.39, 0.29) is 0 Å². The second kappa shape index (κ2) is 4.27. The first-order chi connectivity index (χ1) is 5.77. The van der Waals surface area contributed by atoms with Gasteiger partial charge in [-0.15, -0.1) is 0 Å². The topological polar surface area (TPSA) is 60.2 Å². The molecule has 0 radical (unpaired) electrons. The molecule has 12 heavy (non-hydrogen) atoms. The van der Waals surface area contributed by atoms with Crippen LogP contribution >= 0.6 is 11.3 Å². The average molecular weight is 187 g/mol. The lowest BCUT2D eigenvalue weighted by atomic mass is 10.3. The zero-order chi connectivity index (χ0) is 8.97. The molecule has 0 aliphatic carbocycles. The lowest BCUT2D eigenvalue weighted by Gasteiger charge is -1.98. The maximum absolute atomic E-state index is 5.55. The second-order valence-corrected chi connectivity index (χ2v) is 3.35. The van der Waals surface area contributed by atoms with Gasteiger partial charge in [-0.1, -0.05) is 11.3 Å². The van der Waals surface area contributed by atoms with Crippen molar-refractivity contribution in [2.24, 2.45) is 0 Å². The molecule has 0 aliphatic rings. The van der Waals surface area contributed by atoms with Crippen molar-refractivity contribution in [1.29, 1.82) is 0 Å². The molecule has 1 heterocycles. The molecule has 1 rings (SSSR count). The molecule has 3 N–H and O–H groups in total. The molecule has 68 valence electrons. The number of thiazole rings is 1. The SMILES string of the molecule is CNc1sc(N)nc1CCOC. The number of hydrogen-bond donors (Lipinski definition) is 2. The Balaban J connectivity index is 2.68. The molecule has 0 aromatic carbocycles. The van der Waals surface area contributed by atoms with Gasteiger partial charge < -0.3 is 15.8 Å². The van der Waals surface area contributed by atoms with Gasteiger partial charge in [-0.3, -0.25) is 0 Å². The van der Waals surface area contributed by atoms with E-state index in [0.717, 1.165) is 17.1 Å². The highest BCUT2D eigenvalue weighted by atomic mass is 32.1. The van der Waals surface area contributed by atoms with Crippen LogP contribution in [0.15, 0.2) is 0 Å². The standard InChI is InChI=1S/C7H13N3OS/c1-9-6-5(3-4-11-2)10-7(8)12-6/h9H,3-4H2,1-2H3,(H2,8,10). The van der Waals surface area contributed by atoms with Crippen molar-refractivity contribution in [2.45, 2.75) is 6.42 Å². The molecule has 0 saturated heterocycles. The maximum atomic E-state index is 5.55. The summed E-state index contributed by atoms with van der Waals surface area (Å²) >= 11 is 1.46. The van der Waals surface area contributed by atoms with Gasteiger partial charge in [0.2, 0.25) is 0 Å². The molecular formula is C7H13N3OS. The Labute approximate surface area is 75.8 Å². The molecule has 5 heteroatoms. The van der Waals surface area contributed by atoms with Crippen molar-refractivity contribution in [3.8, 4) is 0 Å². The number of hydrogen-bond acceptors (Lipinski definition) is 5. The van der Waals surface area contributed by atoms with E-state index < -0.39 is 0 Å². The third kappa shape index (κ3) is 2.09. The van der Waals surface area contributed by atoms with Gasteiger partial charge in [0.25, 0.3) is 0 Å². The Morgan fingerprint density at radius 3 is 3.00 bits per heavy atom. The Kier molecular flexibility index (Phi) is 3.31. The number of anilines is 2. The van der Waals surface area contributed by atoms with E-state index in [1.54, 1.807) is 7.11 Å². The number of aromatic nitrogens is 1. The molecule has 0 unspecified atom stereocenters. The van der Waals surface area contributed by atoms with E-state index in [2.05, 4.69) is 10.3 Å². The van der Waals surface area contributed by atoms with Crippen LogP contribution in [-0.4, -0.2) is 25.7 Å². The van der Waals surface area contributed by atoms with Crippen LogP contribution < -0.4 is 11.1 Å². The molecule has 4 nitrogen and oxygen atoms in total. The number of methoxy groups -OCH3 is 1. The molecule has 1 aromatic rings. The van der Waals surface area contributed by atoms with Crippen LogP contribution in [0.3, 0.4) is 0 Å². The summed E-state index contributed by atoms with van der Waals surface area (Å²) in [5.74, 6) is 0. The molecule has 0 spiro atoms. The Morgan fingerprint density at radius 2 is 2.42 bits per heavy atom. The number of nitrogen functional groups attached to an aromatic ring is 1. The number of ether oxygens (including phenoxy) is 1. The fourth-order valence-corrected chi connectivity index (χ4v) is 1.67. The zero-order valence-corrected chi connectivity index (χ0v) is 8.07. The fourth-order valence-electron chi connectivity index (χ4n) is 0.934. The summed E-state index contributed by atoms with van der Waals surface area (Å²) in [6.07, 6.45) is 0.806. The van der Waals surface area contributed by atoms with Gasteiger partial charge in [-0.2, -0.15) is 0 Å². The van der Waals surface area contributed by atoms with E-state index >= 15 is 0 Å². The van der Waals surface area contributed by atoms with Gasteiger partial charge in [-0.25, -0.2) is 4.98 Å². The first-order valence-corrected chi connectivity index (χ1v) is 4.51. The van der Waals surface area contributed by atoms with Crippen LogP contribution in [0.2, 0.25) is 0 Å². The van der Waals surface area contributed by atoms with Gasteiger partial charge >= 0.3 is 0 Å². The van der Waals surface area contributed by atoms with Crippen molar-refractivity contribution >= 4 is 21.5 Å². The van der Waals surface area contributed by atoms with Crippen molar-refractivity contribution < 1.29 is 4.74 Å². The van der Waals surface area contributed by atoms with Crippen LogP contribution in [0, 0.1) is 0 Å². The zero-order valence-electron chi connectivity index (χ0n) is 7.26. The highest BCUT2D eigenvalue weighted by molar-refractivity contribution is 7.19. The first kappa shape index (κ1) is 9.28. The van der Waals surface area contributed by atoms with E-state index in [0.29, 0.717) is 11.7 Å². The summed E-state index contributed by atoms with van der Waals surface area (Å²) in [4.78, 5) is 4.17. The van der Waals surface area contributed by atoms with E-state index in [9.17, 15) is 0 Å². The summed E-state index contributed by atoms with van der Waals surface area (Å²) < 4.78 is 4.95. The van der Waals surface area contributed by atoms with Crippen molar-refractivity contribution in [3.05, 3.63) is 5.69 Å². The van der Waals surface area contributed by atoms with Gasteiger partial charge in [0, 0.05) is 20.6 Å². The minimum absolute atomic E-state index is 0.602. The van der Waals surface area contributed by atoms with Crippen molar-refractivity contribution in [1.82, 2.24) is 4.98 Å².